The first kappa shape index (κ1) is 22.1. The maximum absolute atomic E-state index is 10.4. The van der Waals surface area contributed by atoms with Crippen molar-refractivity contribution in [2.24, 2.45) is 0 Å². The van der Waals surface area contributed by atoms with E-state index in [-0.39, 0.29) is 6.42 Å². The van der Waals surface area contributed by atoms with Crippen molar-refractivity contribution in [3.05, 3.63) is 59.3 Å². The van der Waals surface area contributed by atoms with E-state index in [0.29, 0.717) is 0 Å². The summed E-state index contributed by atoms with van der Waals surface area (Å²) in [6.07, 6.45) is 8.85. The molecule has 0 aliphatic carbocycles. The van der Waals surface area contributed by atoms with Crippen molar-refractivity contribution >= 4 is 5.97 Å². The Labute approximate surface area is 143 Å². The van der Waals surface area contributed by atoms with Crippen LogP contribution in [-0.4, -0.2) is 44.7 Å². The summed E-state index contributed by atoms with van der Waals surface area (Å²) in [6, 6.07) is 0. The summed E-state index contributed by atoms with van der Waals surface area (Å²) in [5, 5.41) is 37.3. The van der Waals surface area contributed by atoms with Crippen molar-refractivity contribution in [2.75, 3.05) is 0 Å². The Balaban J connectivity index is 4.74. The number of aliphatic carboxylic acids is 1. The van der Waals surface area contributed by atoms with Crippen LogP contribution in [0.3, 0.4) is 0 Å². The van der Waals surface area contributed by atoms with E-state index in [1.807, 2.05) is 26.0 Å². The molecule has 0 aliphatic heterocycles. The van der Waals surface area contributed by atoms with Gasteiger partial charge < -0.3 is 20.4 Å². The summed E-state index contributed by atoms with van der Waals surface area (Å²) in [5.41, 5.74) is 2.55. The van der Waals surface area contributed by atoms with Gasteiger partial charge in [0.2, 0.25) is 0 Å². The molecule has 0 aromatic carbocycles. The first-order chi connectivity index (χ1) is 11.1. The highest BCUT2D eigenvalue weighted by atomic mass is 16.4. The Morgan fingerprint density at radius 1 is 0.958 bits per heavy atom. The van der Waals surface area contributed by atoms with E-state index in [9.17, 15) is 20.1 Å². The van der Waals surface area contributed by atoms with Crippen molar-refractivity contribution in [3.63, 3.8) is 0 Å². The van der Waals surface area contributed by atoms with Crippen LogP contribution >= 0.6 is 0 Å². The van der Waals surface area contributed by atoms with Crippen LogP contribution in [0.15, 0.2) is 59.3 Å². The standard InChI is InChI=1S/C19H28O5/c1-13(10-15(3)8-9-19(23)24)6-5-7-14(2)11-17(21)18(22)12-16(4)20/h5-11,16-18,20-22H,12H2,1-4H3,(H,23,24)/b7-5+,9-8+,13-6+,14-11+,15-10+/t16-,17-,18+/m0/s1. The lowest BCUT2D eigenvalue weighted by molar-refractivity contribution is -0.131. The lowest BCUT2D eigenvalue weighted by atomic mass is 10.0. The summed E-state index contributed by atoms with van der Waals surface area (Å²) < 4.78 is 0. The summed E-state index contributed by atoms with van der Waals surface area (Å²) in [4.78, 5) is 10.4. The third kappa shape index (κ3) is 11.6. The maximum Gasteiger partial charge on any atom is 0.328 e. The van der Waals surface area contributed by atoms with Gasteiger partial charge >= 0.3 is 5.97 Å². The Morgan fingerprint density at radius 3 is 2.12 bits per heavy atom. The van der Waals surface area contributed by atoms with Crippen molar-refractivity contribution in [1.29, 1.82) is 0 Å². The monoisotopic (exact) mass is 336 g/mol. The van der Waals surface area contributed by atoms with Gasteiger partial charge in [-0.1, -0.05) is 53.2 Å². The Bertz CT molecular complexity index is 550. The van der Waals surface area contributed by atoms with Crippen molar-refractivity contribution in [3.8, 4) is 0 Å². The van der Waals surface area contributed by atoms with Gasteiger partial charge in [0, 0.05) is 12.5 Å². The number of carboxylic acid groups (broad SMARTS) is 1. The predicted octanol–water partition coefficient (Wildman–Crippen LogP) is 2.51. The molecule has 0 fully saturated rings. The van der Waals surface area contributed by atoms with Crippen molar-refractivity contribution < 1.29 is 25.2 Å². The van der Waals surface area contributed by atoms with E-state index in [1.165, 1.54) is 12.2 Å². The number of rotatable bonds is 9. The number of carboxylic acids is 1. The van der Waals surface area contributed by atoms with E-state index in [2.05, 4.69) is 0 Å². The lowest BCUT2D eigenvalue weighted by Crippen LogP contribution is -2.27. The molecule has 0 saturated carbocycles. The van der Waals surface area contributed by atoms with Gasteiger partial charge in [-0.2, -0.15) is 0 Å². The zero-order chi connectivity index (χ0) is 18.7. The molecule has 0 radical (unpaired) electrons. The third-order valence-electron chi connectivity index (χ3n) is 3.07. The molecule has 5 heteroatoms. The Hall–Kier alpha value is -1.95. The molecule has 3 atom stereocenters. The number of allylic oxidation sites excluding steroid dienone is 8. The minimum absolute atomic E-state index is 0.113. The van der Waals surface area contributed by atoms with E-state index < -0.39 is 24.3 Å². The van der Waals surface area contributed by atoms with Gasteiger partial charge in [-0.15, -0.1) is 0 Å². The molecular weight excluding hydrogens is 308 g/mol. The minimum Gasteiger partial charge on any atom is -0.478 e. The summed E-state index contributed by atoms with van der Waals surface area (Å²) in [5.74, 6) is -0.985. The lowest BCUT2D eigenvalue weighted by Gasteiger charge is -2.16. The number of hydrogen-bond acceptors (Lipinski definition) is 4. The molecule has 0 saturated heterocycles. The van der Waals surface area contributed by atoms with Crippen LogP contribution in [-0.2, 0) is 4.79 Å². The van der Waals surface area contributed by atoms with Crippen LogP contribution in [0.2, 0.25) is 0 Å². The molecule has 0 unspecified atom stereocenters. The summed E-state index contributed by atoms with van der Waals surface area (Å²) >= 11 is 0. The topological polar surface area (TPSA) is 98.0 Å². The molecular formula is C19H28O5. The van der Waals surface area contributed by atoms with E-state index in [1.54, 1.807) is 26.0 Å². The average molecular weight is 336 g/mol. The first-order valence-corrected chi connectivity index (χ1v) is 7.78. The van der Waals surface area contributed by atoms with Crippen molar-refractivity contribution in [2.45, 2.75) is 52.4 Å². The quantitative estimate of drug-likeness (QED) is 0.383. The number of hydrogen-bond donors (Lipinski definition) is 4. The Kier molecular flexibility index (Phi) is 10.6. The predicted molar refractivity (Wildman–Crippen MR) is 95.5 cm³/mol. The SMILES string of the molecule is CC(=C\C=C\C(C)=C\[C@H](O)[C@H](O)C[C@H](C)O)/C=C(C)/C=C/C(=O)O. The number of aliphatic hydroxyl groups is 3. The van der Waals surface area contributed by atoms with Gasteiger partial charge in [0.05, 0.1) is 18.3 Å². The molecule has 0 spiro atoms. The van der Waals surface area contributed by atoms with E-state index >= 15 is 0 Å². The van der Waals surface area contributed by atoms with E-state index in [4.69, 9.17) is 5.11 Å². The highest BCUT2D eigenvalue weighted by Gasteiger charge is 2.15. The fourth-order valence-electron chi connectivity index (χ4n) is 1.93. The average Bonchev–Trinajstić information content (AvgIpc) is 2.44. The second kappa shape index (κ2) is 11.6. The molecule has 5 nitrogen and oxygen atoms in total. The fraction of sp³-hybridized carbons (Fsp3) is 0.421. The molecule has 0 heterocycles. The zero-order valence-corrected chi connectivity index (χ0v) is 14.7. The Morgan fingerprint density at radius 2 is 1.58 bits per heavy atom. The third-order valence-corrected chi connectivity index (χ3v) is 3.07. The van der Waals surface area contributed by atoms with Crippen LogP contribution in [0.1, 0.15) is 34.1 Å². The maximum atomic E-state index is 10.4. The molecule has 0 amide bonds. The molecule has 24 heavy (non-hydrogen) atoms. The van der Waals surface area contributed by atoms with Gasteiger partial charge in [0.1, 0.15) is 0 Å². The summed E-state index contributed by atoms with van der Waals surface area (Å²) in [7, 11) is 0. The molecule has 0 aromatic heterocycles. The smallest absolute Gasteiger partial charge is 0.328 e. The second-order valence-corrected chi connectivity index (χ2v) is 5.88. The number of aliphatic hydroxyl groups excluding tert-OH is 3. The minimum atomic E-state index is -1.03. The molecule has 0 aromatic rings. The van der Waals surface area contributed by atoms with Gasteiger partial charge in [-0.3, -0.25) is 0 Å². The zero-order valence-electron chi connectivity index (χ0n) is 14.7. The van der Waals surface area contributed by atoms with E-state index in [0.717, 1.165) is 22.8 Å². The largest absolute Gasteiger partial charge is 0.478 e. The number of carbonyl (C=O) groups is 1. The molecule has 0 bridgehead atoms. The van der Waals surface area contributed by atoms with Crippen molar-refractivity contribution in [1.82, 2.24) is 0 Å². The summed E-state index contributed by atoms with van der Waals surface area (Å²) in [6.45, 7) is 7.06. The molecule has 4 N–H and O–H groups in total. The van der Waals surface area contributed by atoms with Crippen LogP contribution in [0, 0.1) is 0 Å². The highest BCUT2D eigenvalue weighted by Crippen LogP contribution is 2.08. The van der Waals surface area contributed by atoms with Crippen LogP contribution in [0.4, 0.5) is 0 Å². The van der Waals surface area contributed by atoms with Crippen LogP contribution < -0.4 is 0 Å². The second-order valence-electron chi connectivity index (χ2n) is 5.88. The molecule has 0 aliphatic rings. The normalized spacial score (nSPS) is 18.2. The molecule has 0 rings (SSSR count). The first-order valence-electron chi connectivity index (χ1n) is 7.78. The van der Waals surface area contributed by atoms with Crippen LogP contribution in [0.25, 0.3) is 0 Å². The van der Waals surface area contributed by atoms with Gasteiger partial charge in [0.25, 0.3) is 0 Å². The van der Waals surface area contributed by atoms with Crippen LogP contribution in [0.5, 0.6) is 0 Å². The fourth-order valence-corrected chi connectivity index (χ4v) is 1.93. The van der Waals surface area contributed by atoms with Gasteiger partial charge in [-0.25, -0.2) is 4.79 Å². The van der Waals surface area contributed by atoms with Gasteiger partial charge in [0.15, 0.2) is 0 Å². The highest BCUT2D eigenvalue weighted by molar-refractivity contribution is 5.80. The molecule has 134 valence electrons. The van der Waals surface area contributed by atoms with Gasteiger partial charge in [-0.05, 0) is 27.7 Å².